The zero-order chi connectivity index (χ0) is 18.9. The molecular weight excluding hydrogens is 441 g/mol. The molecule has 0 fully saturated rings. The van der Waals surface area contributed by atoms with E-state index in [1.165, 1.54) is 10.5 Å². The second-order valence-corrected chi connectivity index (χ2v) is 7.33. The standard InChI is InChI=1S/C21H24INO3/c1-16(24)26-19-11-12-21(17(14-19)8-6-7-13-23(2)3)25-15-18-9-4-5-10-20(18)22/h4-6,8-12,14H,7,13,15H2,1-3H3/b8-6+. The first kappa shape index (κ1) is 20.5. The molecule has 0 unspecified atom stereocenters. The Balaban J connectivity index is 2.17. The Bertz CT molecular complexity index is 772. The number of benzene rings is 2. The van der Waals surface area contributed by atoms with Crippen LogP contribution in [0, 0.1) is 3.57 Å². The normalized spacial score (nSPS) is 11.1. The lowest BCUT2D eigenvalue weighted by atomic mass is 10.1. The number of esters is 1. The Morgan fingerprint density at radius 1 is 1.19 bits per heavy atom. The quantitative estimate of drug-likeness (QED) is 0.320. The monoisotopic (exact) mass is 465 g/mol. The summed E-state index contributed by atoms with van der Waals surface area (Å²) in [5.41, 5.74) is 2.04. The summed E-state index contributed by atoms with van der Waals surface area (Å²) in [5.74, 6) is 0.952. The fourth-order valence-corrected chi connectivity index (χ4v) is 2.87. The average molecular weight is 465 g/mol. The van der Waals surface area contributed by atoms with Crippen LogP contribution in [0.3, 0.4) is 0 Å². The SMILES string of the molecule is CC(=O)Oc1ccc(OCc2ccccc2I)c(/C=C/CCN(C)C)c1. The van der Waals surface area contributed by atoms with Gasteiger partial charge in [0.15, 0.2) is 0 Å². The Hall–Kier alpha value is -1.86. The van der Waals surface area contributed by atoms with Crippen LogP contribution in [0.4, 0.5) is 0 Å². The molecule has 0 bridgehead atoms. The zero-order valence-corrected chi connectivity index (χ0v) is 17.5. The number of rotatable bonds is 8. The fraction of sp³-hybridized carbons (Fsp3) is 0.286. The van der Waals surface area contributed by atoms with Gasteiger partial charge in [0.25, 0.3) is 0 Å². The van der Waals surface area contributed by atoms with E-state index in [2.05, 4.69) is 45.7 Å². The number of carbonyl (C=O) groups excluding carboxylic acids is 1. The molecule has 2 aromatic rings. The number of hydrogen-bond donors (Lipinski definition) is 0. The third-order valence-electron chi connectivity index (χ3n) is 3.62. The lowest BCUT2D eigenvalue weighted by Gasteiger charge is -2.12. The topological polar surface area (TPSA) is 38.8 Å². The number of hydrogen-bond acceptors (Lipinski definition) is 4. The predicted octanol–water partition coefficient (Wildman–Crippen LogP) is 4.76. The first-order chi connectivity index (χ1) is 12.5. The lowest BCUT2D eigenvalue weighted by Crippen LogP contribution is -2.11. The second kappa shape index (κ2) is 10.3. The van der Waals surface area contributed by atoms with Crippen molar-refractivity contribution < 1.29 is 14.3 Å². The summed E-state index contributed by atoms with van der Waals surface area (Å²) >= 11 is 2.31. The minimum absolute atomic E-state index is 0.333. The van der Waals surface area contributed by atoms with Crippen LogP contribution in [0.5, 0.6) is 11.5 Å². The van der Waals surface area contributed by atoms with E-state index in [1.54, 1.807) is 6.07 Å². The molecule has 26 heavy (non-hydrogen) atoms. The number of carbonyl (C=O) groups is 1. The maximum absolute atomic E-state index is 11.2. The summed E-state index contributed by atoms with van der Waals surface area (Å²) in [6, 6.07) is 13.6. The fourth-order valence-electron chi connectivity index (χ4n) is 2.33. The van der Waals surface area contributed by atoms with Gasteiger partial charge in [0.05, 0.1) is 0 Å². The molecule has 5 heteroatoms. The van der Waals surface area contributed by atoms with E-state index in [1.807, 2.05) is 44.4 Å². The smallest absolute Gasteiger partial charge is 0.308 e. The maximum atomic E-state index is 11.2. The van der Waals surface area contributed by atoms with E-state index in [9.17, 15) is 4.79 Å². The van der Waals surface area contributed by atoms with E-state index >= 15 is 0 Å². The highest BCUT2D eigenvalue weighted by Crippen LogP contribution is 2.27. The van der Waals surface area contributed by atoms with Crippen LogP contribution in [0.15, 0.2) is 48.5 Å². The van der Waals surface area contributed by atoms with Crippen LogP contribution in [-0.2, 0) is 11.4 Å². The van der Waals surface area contributed by atoms with Gasteiger partial charge < -0.3 is 14.4 Å². The van der Waals surface area contributed by atoms with Crippen LogP contribution in [0.2, 0.25) is 0 Å². The molecule has 0 aliphatic carbocycles. The third kappa shape index (κ3) is 6.80. The van der Waals surface area contributed by atoms with E-state index in [0.29, 0.717) is 12.4 Å². The molecule has 0 saturated heterocycles. The van der Waals surface area contributed by atoms with Crippen molar-refractivity contribution in [1.29, 1.82) is 0 Å². The molecular formula is C21H24INO3. The molecule has 2 aromatic carbocycles. The molecule has 0 spiro atoms. The second-order valence-electron chi connectivity index (χ2n) is 6.17. The summed E-state index contributed by atoms with van der Waals surface area (Å²) in [7, 11) is 4.09. The van der Waals surface area contributed by atoms with Crippen molar-refractivity contribution >= 4 is 34.6 Å². The molecule has 0 N–H and O–H groups in total. The van der Waals surface area contributed by atoms with Crippen LogP contribution < -0.4 is 9.47 Å². The summed E-state index contributed by atoms with van der Waals surface area (Å²) in [6.07, 6.45) is 5.05. The first-order valence-corrected chi connectivity index (χ1v) is 9.53. The summed E-state index contributed by atoms with van der Waals surface area (Å²) in [6.45, 7) is 2.86. The van der Waals surface area contributed by atoms with Crippen LogP contribution in [-0.4, -0.2) is 31.5 Å². The van der Waals surface area contributed by atoms with E-state index in [-0.39, 0.29) is 5.97 Å². The number of halogens is 1. The minimum atomic E-state index is -0.333. The molecule has 0 atom stereocenters. The van der Waals surface area contributed by atoms with Gasteiger partial charge in [-0.1, -0.05) is 30.4 Å². The molecule has 0 radical (unpaired) electrons. The predicted molar refractivity (Wildman–Crippen MR) is 113 cm³/mol. The van der Waals surface area contributed by atoms with Gasteiger partial charge in [-0.05, 0) is 67.4 Å². The van der Waals surface area contributed by atoms with Crippen molar-refractivity contribution in [2.45, 2.75) is 20.0 Å². The van der Waals surface area contributed by atoms with Crippen LogP contribution >= 0.6 is 22.6 Å². The van der Waals surface area contributed by atoms with Gasteiger partial charge >= 0.3 is 5.97 Å². The van der Waals surface area contributed by atoms with E-state index < -0.39 is 0 Å². The highest BCUT2D eigenvalue weighted by atomic mass is 127. The Labute approximate surface area is 168 Å². The zero-order valence-electron chi connectivity index (χ0n) is 15.4. The molecule has 0 aliphatic heterocycles. The molecule has 0 aliphatic rings. The van der Waals surface area contributed by atoms with Crippen molar-refractivity contribution in [2.24, 2.45) is 0 Å². The Morgan fingerprint density at radius 3 is 2.65 bits per heavy atom. The van der Waals surface area contributed by atoms with Crippen molar-refractivity contribution in [3.63, 3.8) is 0 Å². The molecule has 138 valence electrons. The minimum Gasteiger partial charge on any atom is -0.488 e. The van der Waals surface area contributed by atoms with Gasteiger partial charge in [-0.25, -0.2) is 0 Å². The number of nitrogens with zero attached hydrogens (tertiary/aromatic N) is 1. The van der Waals surface area contributed by atoms with Crippen molar-refractivity contribution in [3.8, 4) is 11.5 Å². The van der Waals surface area contributed by atoms with E-state index in [0.717, 1.165) is 29.8 Å². The summed E-state index contributed by atoms with van der Waals surface area (Å²) < 4.78 is 12.4. The van der Waals surface area contributed by atoms with Crippen molar-refractivity contribution in [1.82, 2.24) is 4.90 Å². The highest BCUT2D eigenvalue weighted by molar-refractivity contribution is 14.1. The molecule has 4 nitrogen and oxygen atoms in total. The molecule has 0 saturated carbocycles. The average Bonchev–Trinajstić information content (AvgIpc) is 2.58. The van der Waals surface area contributed by atoms with Gasteiger partial charge in [-0.3, -0.25) is 4.79 Å². The lowest BCUT2D eigenvalue weighted by molar-refractivity contribution is -0.131. The summed E-state index contributed by atoms with van der Waals surface area (Å²) in [5, 5.41) is 0. The largest absolute Gasteiger partial charge is 0.488 e. The van der Waals surface area contributed by atoms with Gasteiger partial charge in [0, 0.05) is 28.2 Å². The van der Waals surface area contributed by atoms with Crippen molar-refractivity contribution in [2.75, 3.05) is 20.6 Å². The van der Waals surface area contributed by atoms with Gasteiger partial charge in [0.1, 0.15) is 18.1 Å². The Morgan fingerprint density at radius 2 is 1.96 bits per heavy atom. The van der Waals surface area contributed by atoms with E-state index in [4.69, 9.17) is 9.47 Å². The Kier molecular flexibility index (Phi) is 8.12. The highest BCUT2D eigenvalue weighted by Gasteiger charge is 2.07. The van der Waals surface area contributed by atoms with Crippen LogP contribution in [0.1, 0.15) is 24.5 Å². The molecule has 2 rings (SSSR count). The van der Waals surface area contributed by atoms with Crippen LogP contribution in [0.25, 0.3) is 6.08 Å². The molecule has 0 aromatic heterocycles. The van der Waals surface area contributed by atoms with Gasteiger partial charge in [-0.2, -0.15) is 0 Å². The van der Waals surface area contributed by atoms with Gasteiger partial charge in [0.2, 0.25) is 0 Å². The van der Waals surface area contributed by atoms with Crippen molar-refractivity contribution in [3.05, 3.63) is 63.2 Å². The number of ether oxygens (including phenoxy) is 2. The molecule has 0 amide bonds. The third-order valence-corrected chi connectivity index (χ3v) is 4.68. The summed E-state index contributed by atoms with van der Waals surface area (Å²) in [4.78, 5) is 13.3. The maximum Gasteiger partial charge on any atom is 0.308 e. The first-order valence-electron chi connectivity index (χ1n) is 8.45. The van der Waals surface area contributed by atoms with Gasteiger partial charge in [-0.15, -0.1) is 0 Å². The molecule has 0 heterocycles.